The van der Waals surface area contributed by atoms with Gasteiger partial charge in [0, 0.05) is 25.0 Å². The fourth-order valence-corrected chi connectivity index (χ4v) is 3.04. The molecule has 2 aliphatic rings. The molecular weight excluding hydrogens is 232 g/mol. The van der Waals surface area contributed by atoms with Gasteiger partial charge in [-0.05, 0) is 25.8 Å². The molecule has 3 heterocycles. The van der Waals surface area contributed by atoms with Gasteiger partial charge in [0.15, 0.2) is 5.69 Å². The number of rotatable bonds is 2. The van der Waals surface area contributed by atoms with Crippen molar-refractivity contribution in [3.63, 3.8) is 0 Å². The van der Waals surface area contributed by atoms with E-state index in [0.717, 1.165) is 50.4 Å². The molecule has 4 N–H and O–H groups in total. The topological polar surface area (TPSA) is 93.2 Å². The predicted octanol–water partition coefficient (Wildman–Crippen LogP) is 0.452. The molecule has 1 aromatic rings. The molecule has 1 fully saturated rings. The number of carboxylic acid groups (broad SMARTS) is 1. The summed E-state index contributed by atoms with van der Waals surface area (Å²) in [5.41, 5.74) is 6.93. The maximum atomic E-state index is 11.3. The smallest absolute Gasteiger partial charge is 0.356 e. The van der Waals surface area contributed by atoms with E-state index in [1.807, 2.05) is 0 Å². The molecule has 98 valence electrons. The molecule has 0 radical (unpaired) electrons. The standard InChI is InChI=1S/C12H18N4O2/c13-8-2-1-5-16-10(8)9(12(17)18)15-11(16)7-3-4-14-6-7/h7-8,14H,1-6,13H2,(H,17,18). The lowest BCUT2D eigenvalue weighted by molar-refractivity contribution is 0.0688. The van der Waals surface area contributed by atoms with Crippen LogP contribution in [0.25, 0.3) is 0 Å². The van der Waals surface area contributed by atoms with E-state index in [1.165, 1.54) is 0 Å². The summed E-state index contributed by atoms with van der Waals surface area (Å²) in [4.78, 5) is 15.7. The molecule has 1 aromatic heterocycles. The summed E-state index contributed by atoms with van der Waals surface area (Å²) in [6, 6.07) is -0.194. The molecule has 0 saturated carbocycles. The Labute approximate surface area is 105 Å². The summed E-state index contributed by atoms with van der Waals surface area (Å²) < 4.78 is 2.05. The van der Waals surface area contributed by atoms with Gasteiger partial charge in [0.1, 0.15) is 5.82 Å². The van der Waals surface area contributed by atoms with Gasteiger partial charge in [-0.25, -0.2) is 9.78 Å². The highest BCUT2D eigenvalue weighted by molar-refractivity contribution is 5.87. The number of carboxylic acids is 1. The highest BCUT2D eigenvalue weighted by atomic mass is 16.4. The van der Waals surface area contributed by atoms with Gasteiger partial charge < -0.3 is 20.7 Å². The number of nitrogens with zero attached hydrogens (tertiary/aromatic N) is 2. The molecule has 0 amide bonds. The second kappa shape index (κ2) is 4.37. The Bertz CT molecular complexity index is 477. The zero-order valence-electron chi connectivity index (χ0n) is 10.2. The van der Waals surface area contributed by atoms with E-state index in [2.05, 4.69) is 14.9 Å². The van der Waals surface area contributed by atoms with Gasteiger partial charge in [-0.15, -0.1) is 0 Å². The van der Waals surface area contributed by atoms with Crippen molar-refractivity contribution >= 4 is 5.97 Å². The van der Waals surface area contributed by atoms with Crippen molar-refractivity contribution in [3.8, 4) is 0 Å². The first-order chi connectivity index (χ1) is 8.68. The molecular formula is C12H18N4O2. The number of carbonyl (C=O) groups is 1. The van der Waals surface area contributed by atoms with Crippen molar-refractivity contribution in [1.82, 2.24) is 14.9 Å². The van der Waals surface area contributed by atoms with Gasteiger partial charge in [-0.1, -0.05) is 0 Å². The molecule has 18 heavy (non-hydrogen) atoms. The predicted molar refractivity (Wildman–Crippen MR) is 65.6 cm³/mol. The van der Waals surface area contributed by atoms with Crippen LogP contribution in [0.15, 0.2) is 0 Å². The van der Waals surface area contributed by atoms with Crippen LogP contribution in [0.3, 0.4) is 0 Å². The normalized spacial score (nSPS) is 27.2. The minimum absolute atomic E-state index is 0.157. The van der Waals surface area contributed by atoms with E-state index in [4.69, 9.17) is 5.73 Å². The Balaban J connectivity index is 2.09. The number of hydrogen-bond donors (Lipinski definition) is 3. The molecule has 0 bridgehead atoms. The average Bonchev–Trinajstić information content (AvgIpc) is 2.95. The maximum absolute atomic E-state index is 11.3. The van der Waals surface area contributed by atoms with E-state index in [-0.39, 0.29) is 11.7 Å². The Morgan fingerprint density at radius 3 is 3.00 bits per heavy atom. The third-order valence-electron chi connectivity index (χ3n) is 3.91. The van der Waals surface area contributed by atoms with Crippen LogP contribution in [0.2, 0.25) is 0 Å². The first-order valence-corrected chi connectivity index (χ1v) is 6.48. The lowest BCUT2D eigenvalue weighted by atomic mass is 10.0. The van der Waals surface area contributed by atoms with Gasteiger partial charge in [0.2, 0.25) is 0 Å². The van der Waals surface area contributed by atoms with Crippen LogP contribution in [-0.2, 0) is 6.54 Å². The summed E-state index contributed by atoms with van der Waals surface area (Å²) in [5, 5.41) is 12.6. The fraction of sp³-hybridized carbons (Fsp3) is 0.667. The number of nitrogens with one attached hydrogen (secondary N) is 1. The van der Waals surface area contributed by atoms with Crippen molar-refractivity contribution in [2.75, 3.05) is 13.1 Å². The number of fused-ring (bicyclic) bond motifs is 1. The SMILES string of the molecule is NC1CCCn2c(C3CCNC3)nc(C(=O)O)c21. The highest BCUT2D eigenvalue weighted by Gasteiger charge is 2.32. The van der Waals surface area contributed by atoms with E-state index in [1.54, 1.807) is 0 Å². The Morgan fingerprint density at radius 1 is 1.50 bits per heavy atom. The van der Waals surface area contributed by atoms with Gasteiger partial charge in [-0.2, -0.15) is 0 Å². The molecule has 2 unspecified atom stereocenters. The summed E-state index contributed by atoms with van der Waals surface area (Å²) in [6.07, 6.45) is 2.86. The van der Waals surface area contributed by atoms with Crippen LogP contribution in [-0.4, -0.2) is 33.7 Å². The lowest BCUT2D eigenvalue weighted by Gasteiger charge is -2.23. The van der Waals surface area contributed by atoms with Crippen LogP contribution in [0.5, 0.6) is 0 Å². The minimum atomic E-state index is -0.965. The Morgan fingerprint density at radius 2 is 2.33 bits per heavy atom. The number of aromatic carboxylic acids is 1. The monoisotopic (exact) mass is 250 g/mol. The number of hydrogen-bond acceptors (Lipinski definition) is 4. The molecule has 6 nitrogen and oxygen atoms in total. The molecule has 2 atom stereocenters. The van der Waals surface area contributed by atoms with Crippen LogP contribution in [0.1, 0.15) is 53.2 Å². The van der Waals surface area contributed by atoms with Crippen LogP contribution in [0.4, 0.5) is 0 Å². The molecule has 1 saturated heterocycles. The molecule has 2 aliphatic heterocycles. The summed E-state index contributed by atoms with van der Waals surface area (Å²) in [7, 11) is 0. The largest absolute Gasteiger partial charge is 0.476 e. The average molecular weight is 250 g/mol. The van der Waals surface area contributed by atoms with Gasteiger partial charge in [0.05, 0.1) is 5.69 Å². The highest BCUT2D eigenvalue weighted by Crippen LogP contribution is 2.32. The van der Waals surface area contributed by atoms with Crippen LogP contribution in [0, 0.1) is 0 Å². The molecule has 0 aliphatic carbocycles. The zero-order chi connectivity index (χ0) is 12.7. The first kappa shape index (κ1) is 11.7. The van der Waals surface area contributed by atoms with Crippen molar-refractivity contribution in [1.29, 1.82) is 0 Å². The Hall–Kier alpha value is -1.40. The zero-order valence-corrected chi connectivity index (χ0v) is 10.2. The van der Waals surface area contributed by atoms with Crippen LogP contribution >= 0.6 is 0 Å². The van der Waals surface area contributed by atoms with E-state index in [0.29, 0.717) is 5.92 Å². The van der Waals surface area contributed by atoms with Crippen molar-refractivity contribution < 1.29 is 9.90 Å². The molecule has 0 aromatic carbocycles. The number of aromatic nitrogens is 2. The van der Waals surface area contributed by atoms with Gasteiger partial charge >= 0.3 is 5.97 Å². The maximum Gasteiger partial charge on any atom is 0.356 e. The van der Waals surface area contributed by atoms with Crippen molar-refractivity contribution in [3.05, 3.63) is 17.2 Å². The number of imidazole rings is 1. The summed E-state index contributed by atoms with van der Waals surface area (Å²) in [5.74, 6) is 0.262. The van der Waals surface area contributed by atoms with Crippen molar-refractivity contribution in [2.45, 2.75) is 37.8 Å². The molecule has 3 rings (SSSR count). The van der Waals surface area contributed by atoms with Gasteiger partial charge in [0.25, 0.3) is 0 Å². The molecule has 6 heteroatoms. The van der Waals surface area contributed by atoms with Crippen molar-refractivity contribution in [2.24, 2.45) is 5.73 Å². The summed E-state index contributed by atoms with van der Waals surface area (Å²) >= 11 is 0. The first-order valence-electron chi connectivity index (χ1n) is 6.48. The quantitative estimate of drug-likeness (QED) is 0.708. The van der Waals surface area contributed by atoms with Crippen LogP contribution < -0.4 is 11.1 Å². The van der Waals surface area contributed by atoms with Gasteiger partial charge in [-0.3, -0.25) is 0 Å². The third-order valence-corrected chi connectivity index (χ3v) is 3.91. The molecule has 0 spiro atoms. The fourth-order valence-electron chi connectivity index (χ4n) is 3.04. The number of nitrogens with two attached hydrogens (primary N) is 1. The lowest BCUT2D eigenvalue weighted by Crippen LogP contribution is -2.25. The second-order valence-electron chi connectivity index (χ2n) is 5.10. The second-order valence-corrected chi connectivity index (χ2v) is 5.10. The minimum Gasteiger partial charge on any atom is -0.476 e. The van der Waals surface area contributed by atoms with E-state index in [9.17, 15) is 9.90 Å². The third kappa shape index (κ3) is 1.72. The van der Waals surface area contributed by atoms with E-state index >= 15 is 0 Å². The van der Waals surface area contributed by atoms with E-state index < -0.39 is 5.97 Å². The summed E-state index contributed by atoms with van der Waals surface area (Å²) in [6.45, 7) is 2.70. The Kier molecular flexibility index (Phi) is 2.83.